The molecule has 0 spiro atoms. The molecule has 0 radical (unpaired) electrons. The Hall–Kier alpha value is -2.37. The van der Waals surface area contributed by atoms with Crippen LogP contribution in [0, 0.1) is 6.92 Å². The van der Waals surface area contributed by atoms with Gasteiger partial charge in [-0.2, -0.15) is 5.10 Å². The minimum Gasteiger partial charge on any atom is -0.497 e. The van der Waals surface area contributed by atoms with Gasteiger partial charge in [0.1, 0.15) is 23.8 Å². The van der Waals surface area contributed by atoms with Gasteiger partial charge in [0.05, 0.1) is 12.8 Å². The monoisotopic (exact) mass is 247 g/mol. The number of carbonyl (C=O) groups is 1. The van der Waals surface area contributed by atoms with E-state index in [9.17, 15) is 4.79 Å². The number of methoxy groups -OCH3 is 1. The van der Waals surface area contributed by atoms with Crippen molar-refractivity contribution in [1.29, 1.82) is 0 Å². The van der Waals surface area contributed by atoms with Crippen molar-refractivity contribution in [3.05, 3.63) is 35.9 Å². The third-order valence-corrected chi connectivity index (χ3v) is 2.41. The Balaban J connectivity index is 2.39. The zero-order valence-electron chi connectivity index (χ0n) is 10.1. The Morgan fingerprint density at radius 3 is 2.61 bits per heavy atom. The molecule has 1 aromatic heterocycles. The molecule has 0 saturated carbocycles. The number of rotatable bonds is 4. The highest BCUT2D eigenvalue weighted by atomic mass is 16.5. The highest BCUT2D eigenvalue weighted by molar-refractivity contribution is 5.69. The molecule has 0 atom stereocenters. The van der Waals surface area contributed by atoms with Gasteiger partial charge < -0.3 is 9.84 Å². The average molecular weight is 247 g/mol. The molecule has 0 aliphatic carbocycles. The second-order valence-corrected chi connectivity index (χ2v) is 3.76. The predicted octanol–water partition coefficient (Wildman–Crippen LogP) is 1.21. The van der Waals surface area contributed by atoms with Crippen LogP contribution in [0.1, 0.15) is 11.6 Å². The Morgan fingerprint density at radius 2 is 2.06 bits per heavy atom. The van der Waals surface area contributed by atoms with Crippen molar-refractivity contribution in [3.8, 4) is 11.4 Å². The number of nitrogens with zero attached hydrogens (tertiary/aromatic N) is 3. The Morgan fingerprint density at radius 1 is 1.39 bits per heavy atom. The summed E-state index contributed by atoms with van der Waals surface area (Å²) in [5.41, 5.74) is 0.757. The first-order valence-electron chi connectivity index (χ1n) is 5.39. The standard InChI is InChI=1S/C12H13N3O3/c1-8-13-11(7-12(16)17)15(14-8)9-3-5-10(18-2)6-4-9/h3-6H,7H2,1-2H3,(H,16,17). The Labute approximate surface area is 104 Å². The molecule has 1 N–H and O–H groups in total. The van der Waals surface area contributed by atoms with E-state index in [1.54, 1.807) is 38.3 Å². The van der Waals surface area contributed by atoms with E-state index in [1.807, 2.05) is 0 Å². The zero-order chi connectivity index (χ0) is 13.1. The molecular formula is C12H13N3O3. The van der Waals surface area contributed by atoms with E-state index in [1.165, 1.54) is 4.68 Å². The first kappa shape index (κ1) is 12.1. The number of carboxylic acid groups (broad SMARTS) is 1. The number of aliphatic carboxylic acids is 1. The van der Waals surface area contributed by atoms with Crippen LogP contribution in [0.25, 0.3) is 5.69 Å². The van der Waals surface area contributed by atoms with Gasteiger partial charge in [-0.1, -0.05) is 0 Å². The highest BCUT2D eigenvalue weighted by Gasteiger charge is 2.12. The van der Waals surface area contributed by atoms with E-state index in [0.717, 1.165) is 11.4 Å². The maximum absolute atomic E-state index is 10.8. The minimum absolute atomic E-state index is 0.160. The number of benzene rings is 1. The molecule has 2 aromatic rings. The summed E-state index contributed by atoms with van der Waals surface area (Å²) in [6.07, 6.45) is -0.160. The van der Waals surface area contributed by atoms with Crippen LogP contribution in [0.2, 0.25) is 0 Å². The lowest BCUT2D eigenvalue weighted by Gasteiger charge is -2.05. The van der Waals surface area contributed by atoms with Gasteiger partial charge in [0, 0.05) is 0 Å². The molecule has 94 valence electrons. The summed E-state index contributed by atoms with van der Waals surface area (Å²) >= 11 is 0. The van der Waals surface area contributed by atoms with Gasteiger partial charge in [-0.25, -0.2) is 9.67 Å². The second kappa shape index (κ2) is 4.87. The van der Waals surface area contributed by atoms with E-state index >= 15 is 0 Å². The van der Waals surface area contributed by atoms with Gasteiger partial charge in [-0.05, 0) is 31.2 Å². The molecule has 0 aliphatic heterocycles. The Bertz CT molecular complexity index is 560. The van der Waals surface area contributed by atoms with E-state index in [2.05, 4.69) is 10.1 Å². The first-order chi connectivity index (χ1) is 8.60. The number of aromatic nitrogens is 3. The smallest absolute Gasteiger partial charge is 0.311 e. The summed E-state index contributed by atoms with van der Waals surface area (Å²) in [6, 6.07) is 7.18. The summed E-state index contributed by atoms with van der Waals surface area (Å²) in [4.78, 5) is 14.9. The number of hydrogen-bond acceptors (Lipinski definition) is 4. The lowest BCUT2D eigenvalue weighted by Crippen LogP contribution is -2.09. The molecule has 0 amide bonds. The molecule has 18 heavy (non-hydrogen) atoms. The summed E-state index contributed by atoms with van der Waals surface area (Å²) in [7, 11) is 1.59. The van der Waals surface area contributed by atoms with Gasteiger partial charge >= 0.3 is 5.97 Å². The molecule has 0 saturated heterocycles. The van der Waals surface area contributed by atoms with E-state index in [-0.39, 0.29) is 6.42 Å². The number of hydrogen-bond donors (Lipinski definition) is 1. The fourth-order valence-electron chi connectivity index (χ4n) is 1.64. The molecule has 0 bridgehead atoms. The Kier molecular flexibility index (Phi) is 3.27. The van der Waals surface area contributed by atoms with Crippen molar-refractivity contribution in [2.75, 3.05) is 7.11 Å². The quantitative estimate of drug-likeness (QED) is 0.878. The average Bonchev–Trinajstić information content (AvgIpc) is 2.69. The third-order valence-electron chi connectivity index (χ3n) is 2.41. The van der Waals surface area contributed by atoms with Crippen molar-refractivity contribution < 1.29 is 14.6 Å². The van der Waals surface area contributed by atoms with Crippen LogP contribution in [-0.2, 0) is 11.2 Å². The molecule has 2 rings (SSSR count). The van der Waals surface area contributed by atoms with Gasteiger partial charge in [-0.3, -0.25) is 4.79 Å². The zero-order valence-corrected chi connectivity index (χ0v) is 10.1. The summed E-state index contributed by atoms with van der Waals surface area (Å²) in [5, 5.41) is 13.0. The molecule has 6 heteroatoms. The van der Waals surface area contributed by atoms with Crippen LogP contribution < -0.4 is 4.74 Å². The van der Waals surface area contributed by atoms with Crippen molar-refractivity contribution in [2.24, 2.45) is 0 Å². The van der Waals surface area contributed by atoms with Crippen LogP contribution in [0.3, 0.4) is 0 Å². The molecule has 0 unspecified atom stereocenters. The van der Waals surface area contributed by atoms with Gasteiger partial charge in [0.2, 0.25) is 0 Å². The number of ether oxygens (including phenoxy) is 1. The second-order valence-electron chi connectivity index (χ2n) is 3.76. The summed E-state index contributed by atoms with van der Waals surface area (Å²) < 4.78 is 6.60. The normalized spacial score (nSPS) is 10.3. The number of carboxylic acids is 1. The van der Waals surface area contributed by atoms with Crippen LogP contribution in [0.15, 0.2) is 24.3 Å². The molecule has 0 aliphatic rings. The van der Waals surface area contributed by atoms with Gasteiger partial charge in [0.15, 0.2) is 0 Å². The van der Waals surface area contributed by atoms with Crippen LogP contribution in [0.4, 0.5) is 0 Å². The topological polar surface area (TPSA) is 77.2 Å². The number of aryl methyl sites for hydroxylation is 1. The molecule has 0 fully saturated rings. The molecule has 1 heterocycles. The summed E-state index contributed by atoms with van der Waals surface area (Å²) in [5.74, 6) is 0.750. The van der Waals surface area contributed by atoms with E-state index < -0.39 is 5.97 Å². The molecule has 6 nitrogen and oxygen atoms in total. The minimum atomic E-state index is -0.933. The largest absolute Gasteiger partial charge is 0.497 e. The summed E-state index contributed by atoms with van der Waals surface area (Å²) in [6.45, 7) is 1.73. The maximum atomic E-state index is 10.8. The lowest BCUT2D eigenvalue weighted by atomic mass is 10.3. The first-order valence-corrected chi connectivity index (χ1v) is 5.39. The maximum Gasteiger partial charge on any atom is 0.311 e. The molecular weight excluding hydrogens is 234 g/mol. The van der Waals surface area contributed by atoms with E-state index in [4.69, 9.17) is 9.84 Å². The van der Waals surface area contributed by atoms with E-state index in [0.29, 0.717) is 11.6 Å². The fourth-order valence-corrected chi connectivity index (χ4v) is 1.64. The lowest BCUT2D eigenvalue weighted by molar-refractivity contribution is -0.136. The van der Waals surface area contributed by atoms with Crippen molar-refractivity contribution in [3.63, 3.8) is 0 Å². The SMILES string of the molecule is COc1ccc(-n2nc(C)nc2CC(=O)O)cc1. The van der Waals surface area contributed by atoms with Crippen LogP contribution >= 0.6 is 0 Å². The fraction of sp³-hybridized carbons (Fsp3) is 0.250. The predicted molar refractivity (Wildman–Crippen MR) is 64.0 cm³/mol. The van der Waals surface area contributed by atoms with Gasteiger partial charge in [0.25, 0.3) is 0 Å². The van der Waals surface area contributed by atoms with Crippen LogP contribution in [-0.4, -0.2) is 33.0 Å². The third kappa shape index (κ3) is 2.48. The van der Waals surface area contributed by atoms with Crippen molar-refractivity contribution in [1.82, 2.24) is 14.8 Å². The van der Waals surface area contributed by atoms with Crippen molar-refractivity contribution in [2.45, 2.75) is 13.3 Å². The van der Waals surface area contributed by atoms with Gasteiger partial charge in [-0.15, -0.1) is 0 Å². The molecule has 1 aromatic carbocycles. The highest BCUT2D eigenvalue weighted by Crippen LogP contribution is 2.16. The van der Waals surface area contributed by atoms with Crippen LogP contribution in [0.5, 0.6) is 5.75 Å². The van der Waals surface area contributed by atoms with Crippen molar-refractivity contribution >= 4 is 5.97 Å².